The SMILES string of the molecule is Cc1cc(-c2ccccc2)ccc1-c1ncnc2c1nnn2C. The van der Waals surface area contributed by atoms with Crippen LogP contribution in [0.4, 0.5) is 0 Å². The van der Waals surface area contributed by atoms with Crippen molar-refractivity contribution in [2.24, 2.45) is 7.05 Å². The highest BCUT2D eigenvalue weighted by molar-refractivity contribution is 5.88. The summed E-state index contributed by atoms with van der Waals surface area (Å²) >= 11 is 0. The average molecular weight is 301 g/mol. The Morgan fingerprint density at radius 1 is 0.913 bits per heavy atom. The normalized spacial score (nSPS) is 11.0. The lowest BCUT2D eigenvalue weighted by Gasteiger charge is -2.08. The first-order valence-corrected chi connectivity index (χ1v) is 7.41. The molecule has 0 atom stereocenters. The van der Waals surface area contributed by atoms with E-state index in [2.05, 4.69) is 57.5 Å². The number of nitrogens with zero attached hydrogens (tertiary/aromatic N) is 5. The molecular weight excluding hydrogens is 286 g/mol. The monoisotopic (exact) mass is 301 g/mol. The van der Waals surface area contributed by atoms with Crippen LogP contribution >= 0.6 is 0 Å². The Labute approximate surface area is 133 Å². The summed E-state index contributed by atoms with van der Waals surface area (Å²) in [4.78, 5) is 8.68. The van der Waals surface area contributed by atoms with Crippen molar-refractivity contribution in [2.75, 3.05) is 0 Å². The van der Waals surface area contributed by atoms with E-state index in [0.29, 0.717) is 0 Å². The number of fused-ring (bicyclic) bond motifs is 1. The lowest BCUT2D eigenvalue weighted by molar-refractivity contribution is 0.729. The molecule has 23 heavy (non-hydrogen) atoms. The molecule has 0 spiro atoms. The fourth-order valence-electron chi connectivity index (χ4n) is 2.79. The lowest BCUT2D eigenvalue weighted by Crippen LogP contribution is -1.94. The molecule has 4 rings (SSSR count). The Morgan fingerprint density at radius 3 is 2.52 bits per heavy atom. The third-order valence-electron chi connectivity index (χ3n) is 3.98. The van der Waals surface area contributed by atoms with E-state index in [1.165, 1.54) is 11.1 Å². The third-order valence-corrected chi connectivity index (χ3v) is 3.98. The number of benzene rings is 2. The van der Waals surface area contributed by atoms with E-state index >= 15 is 0 Å². The molecule has 0 aliphatic heterocycles. The first-order valence-electron chi connectivity index (χ1n) is 7.41. The standard InChI is InChI=1S/C18H15N5/c1-12-10-14(13-6-4-3-5-7-13)8-9-15(12)16-17-18(20-11-19-16)23(2)22-21-17/h3-11H,1-2H3. The molecule has 0 amide bonds. The third kappa shape index (κ3) is 2.26. The van der Waals surface area contributed by atoms with Gasteiger partial charge in [0.1, 0.15) is 12.0 Å². The van der Waals surface area contributed by atoms with E-state index < -0.39 is 0 Å². The lowest BCUT2D eigenvalue weighted by atomic mass is 9.98. The second kappa shape index (κ2) is 5.28. The van der Waals surface area contributed by atoms with Crippen LogP contribution in [-0.2, 0) is 7.05 Å². The van der Waals surface area contributed by atoms with Crippen LogP contribution in [0.1, 0.15) is 5.56 Å². The van der Waals surface area contributed by atoms with Crippen LogP contribution in [0, 0.1) is 6.92 Å². The van der Waals surface area contributed by atoms with Gasteiger partial charge in [0.2, 0.25) is 0 Å². The van der Waals surface area contributed by atoms with E-state index in [1.54, 1.807) is 11.0 Å². The molecule has 0 aliphatic carbocycles. The van der Waals surface area contributed by atoms with E-state index in [0.717, 1.165) is 28.0 Å². The Kier molecular flexibility index (Phi) is 3.12. The molecule has 112 valence electrons. The largest absolute Gasteiger partial charge is 0.234 e. The van der Waals surface area contributed by atoms with E-state index in [4.69, 9.17) is 0 Å². The summed E-state index contributed by atoms with van der Waals surface area (Å²) in [6.07, 6.45) is 1.56. The molecule has 5 nitrogen and oxygen atoms in total. The molecule has 0 radical (unpaired) electrons. The van der Waals surface area contributed by atoms with Gasteiger partial charge in [-0.1, -0.05) is 53.7 Å². The van der Waals surface area contributed by atoms with Crippen LogP contribution in [-0.4, -0.2) is 25.0 Å². The van der Waals surface area contributed by atoms with Gasteiger partial charge in [0.05, 0.1) is 0 Å². The fraction of sp³-hybridized carbons (Fsp3) is 0.111. The maximum absolute atomic E-state index is 4.43. The average Bonchev–Trinajstić information content (AvgIpc) is 2.97. The smallest absolute Gasteiger partial charge is 0.181 e. The number of hydrogen-bond acceptors (Lipinski definition) is 4. The molecule has 0 aliphatic rings. The summed E-state index contributed by atoms with van der Waals surface area (Å²) in [6.45, 7) is 2.09. The first-order chi connectivity index (χ1) is 11.2. The summed E-state index contributed by atoms with van der Waals surface area (Å²) in [5.74, 6) is 0. The summed E-state index contributed by atoms with van der Waals surface area (Å²) in [7, 11) is 1.83. The zero-order chi connectivity index (χ0) is 15.8. The molecule has 4 aromatic rings. The number of hydrogen-bond donors (Lipinski definition) is 0. The predicted molar refractivity (Wildman–Crippen MR) is 89.7 cm³/mol. The van der Waals surface area contributed by atoms with Crippen LogP contribution in [0.15, 0.2) is 54.9 Å². The molecule has 0 saturated carbocycles. The molecular formula is C18H15N5. The Hall–Kier alpha value is -3.08. The second-order valence-corrected chi connectivity index (χ2v) is 5.50. The molecule has 2 heterocycles. The number of aryl methyl sites for hydroxylation is 2. The fourth-order valence-corrected chi connectivity index (χ4v) is 2.79. The van der Waals surface area contributed by atoms with Crippen LogP contribution in [0.2, 0.25) is 0 Å². The van der Waals surface area contributed by atoms with Crippen molar-refractivity contribution in [3.05, 3.63) is 60.4 Å². The van der Waals surface area contributed by atoms with Crippen LogP contribution < -0.4 is 0 Å². The summed E-state index contributed by atoms with van der Waals surface area (Å²) in [5.41, 5.74) is 6.88. The Morgan fingerprint density at radius 2 is 1.74 bits per heavy atom. The summed E-state index contributed by atoms with van der Waals surface area (Å²) < 4.78 is 1.66. The van der Waals surface area contributed by atoms with Gasteiger partial charge in [0.25, 0.3) is 0 Å². The van der Waals surface area contributed by atoms with Gasteiger partial charge in [0, 0.05) is 12.6 Å². The van der Waals surface area contributed by atoms with Crippen molar-refractivity contribution in [3.63, 3.8) is 0 Å². The summed E-state index contributed by atoms with van der Waals surface area (Å²) in [6, 6.07) is 16.7. The molecule has 0 saturated heterocycles. The predicted octanol–water partition coefficient (Wildman–Crippen LogP) is 3.40. The first kappa shape index (κ1) is 13.6. The van der Waals surface area contributed by atoms with Crippen LogP contribution in [0.3, 0.4) is 0 Å². The highest BCUT2D eigenvalue weighted by atomic mass is 15.4. The van der Waals surface area contributed by atoms with E-state index in [1.807, 2.05) is 25.2 Å². The van der Waals surface area contributed by atoms with Gasteiger partial charge in [-0.3, -0.25) is 0 Å². The minimum Gasteiger partial charge on any atom is -0.234 e. The zero-order valence-corrected chi connectivity index (χ0v) is 12.9. The van der Waals surface area contributed by atoms with Crippen molar-refractivity contribution in [2.45, 2.75) is 6.92 Å². The second-order valence-electron chi connectivity index (χ2n) is 5.50. The number of aromatic nitrogens is 5. The molecule has 0 N–H and O–H groups in total. The van der Waals surface area contributed by atoms with Gasteiger partial charge < -0.3 is 0 Å². The van der Waals surface area contributed by atoms with E-state index in [9.17, 15) is 0 Å². The van der Waals surface area contributed by atoms with Gasteiger partial charge in [-0.15, -0.1) is 5.10 Å². The highest BCUT2D eigenvalue weighted by Crippen LogP contribution is 2.30. The molecule has 0 bridgehead atoms. The van der Waals surface area contributed by atoms with Crippen molar-refractivity contribution in [1.82, 2.24) is 25.0 Å². The maximum atomic E-state index is 4.43. The minimum absolute atomic E-state index is 0.727. The van der Waals surface area contributed by atoms with Gasteiger partial charge in [-0.25, -0.2) is 14.6 Å². The summed E-state index contributed by atoms with van der Waals surface area (Å²) in [5, 5.41) is 8.25. The van der Waals surface area contributed by atoms with Crippen molar-refractivity contribution in [3.8, 4) is 22.4 Å². The highest BCUT2D eigenvalue weighted by Gasteiger charge is 2.13. The zero-order valence-electron chi connectivity index (χ0n) is 12.9. The number of rotatable bonds is 2. The van der Waals surface area contributed by atoms with Gasteiger partial charge >= 0.3 is 0 Å². The van der Waals surface area contributed by atoms with Crippen LogP contribution in [0.5, 0.6) is 0 Å². The minimum atomic E-state index is 0.727. The van der Waals surface area contributed by atoms with Gasteiger partial charge in [-0.05, 0) is 23.6 Å². The molecule has 0 unspecified atom stereocenters. The Bertz CT molecular complexity index is 989. The molecule has 2 aromatic carbocycles. The van der Waals surface area contributed by atoms with Crippen molar-refractivity contribution >= 4 is 11.2 Å². The molecule has 0 fully saturated rings. The molecule has 5 heteroatoms. The topological polar surface area (TPSA) is 56.5 Å². The van der Waals surface area contributed by atoms with Crippen LogP contribution in [0.25, 0.3) is 33.5 Å². The quantitative estimate of drug-likeness (QED) is 0.569. The van der Waals surface area contributed by atoms with E-state index in [-0.39, 0.29) is 0 Å². The van der Waals surface area contributed by atoms with Gasteiger partial charge in [-0.2, -0.15) is 0 Å². The molecule has 2 aromatic heterocycles. The van der Waals surface area contributed by atoms with Crippen molar-refractivity contribution < 1.29 is 0 Å². The van der Waals surface area contributed by atoms with Gasteiger partial charge in [0.15, 0.2) is 11.2 Å². The maximum Gasteiger partial charge on any atom is 0.181 e. The Balaban J connectivity index is 1.86. The van der Waals surface area contributed by atoms with Crippen molar-refractivity contribution in [1.29, 1.82) is 0 Å².